The highest BCUT2D eigenvalue weighted by Gasteiger charge is 2.75. The Morgan fingerprint density at radius 2 is 1.94 bits per heavy atom. The lowest BCUT2D eigenvalue weighted by Gasteiger charge is -2.41. The first-order chi connectivity index (χ1) is 7.79. The van der Waals surface area contributed by atoms with Crippen molar-refractivity contribution < 1.29 is 9.90 Å². The molecular formula is C15H22O2. The number of hydrogen-bond acceptors (Lipinski definition) is 2. The van der Waals surface area contributed by atoms with Crippen LogP contribution < -0.4 is 0 Å². The second kappa shape index (κ2) is 2.85. The Hall–Kier alpha value is -0.630. The fraction of sp³-hybridized carbons (Fsp3) is 0.800. The van der Waals surface area contributed by atoms with E-state index in [4.69, 9.17) is 0 Å². The van der Waals surface area contributed by atoms with Gasteiger partial charge in [-0.1, -0.05) is 26.8 Å². The van der Waals surface area contributed by atoms with Crippen LogP contribution in [0.3, 0.4) is 0 Å². The standard InChI is InChI=1S/C15H22O2/c1-9-5-6-10-13(2,3)12(17)14(4)11(16)7-8-15(9,10)14/h7-10,12,17H,5-6H2,1-4H3/t9-,10?,12-,14+,15?/m1/s1. The van der Waals surface area contributed by atoms with Gasteiger partial charge >= 0.3 is 0 Å². The summed E-state index contributed by atoms with van der Waals surface area (Å²) < 4.78 is 0. The Morgan fingerprint density at radius 3 is 2.59 bits per heavy atom. The van der Waals surface area contributed by atoms with Crippen LogP contribution in [0.25, 0.3) is 0 Å². The van der Waals surface area contributed by atoms with E-state index in [-0.39, 0.29) is 16.6 Å². The van der Waals surface area contributed by atoms with Crippen LogP contribution in [-0.4, -0.2) is 17.0 Å². The van der Waals surface area contributed by atoms with E-state index in [1.807, 2.05) is 6.92 Å². The molecule has 17 heavy (non-hydrogen) atoms. The molecule has 94 valence electrons. The summed E-state index contributed by atoms with van der Waals surface area (Å²) in [7, 11) is 0. The minimum Gasteiger partial charge on any atom is -0.391 e. The Balaban J connectivity index is 2.27. The third-order valence-corrected chi connectivity index (χ3v) is 6.35. The van der Waals surface area contributed by atoms with Gasteiger partial charge in [0.1, 0.15) is 0 Å². The van der Waals surface area contributed by atoms with E-state index in [1.54, 1.807) is 6.08 Å². The molecule has 1 spiro atoms. The van der Waals surface area contributed by atoms with Crippen molar-refractivity contribution in [2.45, 2.75) is 46.6 Å². The van der Waals surface area contributed by atoms with E-state index in [1.165, 1.54) is 6.42 Å². The molecule has 3 rings (SSSR count). The molecule has 0 saturated heterocycles. The fourth-order valence-electron chi connectivity index (χ4n) is 5.46. The maximum Gasteiger partial charge on any atom is 0.164 e. The number of carbonyl (C=O) groups is 1. The van der Waals surface area contributed by atoms with Crippen LogP contribution in [0.4, 0.5) is 0 Å². The van der Waals surface area contributed by atoms with Gasteiger partial charge in [0.15, 0.2) is 5.78 Å². The number of ketones is 1. The molecule has 0 amide bonds. The lowest BCUT2D eigenvalue weighted by atomic mass is 9.61. The number of rotatable bonds is 0. The molecule has 0 aromatic rings. The summed E-state index contributed by atoms with van der Waals surface area (Å²) in [5.41, 5.74) is -0.829. The fourth-order valence-corrected chi connectivity index (χ4v) is 5.46. The molecule has 0 aliphatic heterocycles. The van der Waals surface area contributed by atoms with Gasteiger partial charge in [0.25, 0.3) is 0 Å². The monoisotopic (exact) mass is 234 g/mol. The predicted molar refractivity (Wildman–Crippen MR) is 66.4 cm³/mol. The van der Waals surface area contributed by atoms with E-state index >= 15 is 0 Å². The average molecular weight is 234 g/mol. The topological polar surface area (TPSA) is 37.3 Å². The van der Waals surface area contributed by atoms with Gasteiger partial charge in [0, 0.05) is 5.41 Å². The van der Waals surface area contributed by atoms with Crippen molar-refractivity contribution >= 4 is 5.78 Å². The average Bonchev–Trinajstić information content (AvgIpc) is 2.77. The quantitative estimate of drug-likeness (QED) is 0.699. The molecule has 3 aliphatic rings. The van der Waals surface area contributed by atoms with Crippen LogP contribution in [0.1, 0.15) is 40.5 Å². The molecular weight excluding hydrogens is 212 g/mol. The van der Waals surface area contributed by atoms with Crippen molar-refractivity contribution in [1.29, 1.82) is 0 Å². The zero-order valence-corrected chi connectivity index (χ0v) is 11.2. The molecule has 0 aromatic carbocycles. The highest BCUT2D eigenvalue weighted by atomic mass is 16.3. The maximum absolute atomic E-state index is 12.3. The summed E-state index contributed by atoms with van der Waals surface area (Å²) in [5.74, 6) is 1.07. The molecule has 0 aromatic heterocycles. The van der Waals surface area contributed by atoms with Crippen molar-refractivity contribution in [2.75, 3.05) is 0 Å². The van der Waals surface area contributed by atoms with Crippen LogP contribution in [0.15, 0.2) is 12.2 Å². The Morgan fingerprint density at radius 1 is 1.29 bits per heavy atom. The second-order valence-corrected chi connectivity index (χ2v) is 7.09. The van der Waals surface area contributed by atoms with Crippen molar-refractivity contribution in [2.24, 2.45) is 28.1 Å². The van der Waals surface area contributed by atoms with Crippen LogP contribution in [-0.2, 0) is 4.79 Å². The lowest BCUT2D eigenvalue weighted by Crippen LogP contribution is -2.46. The second-order valence-electron chi connectivity index (χ2n) is 7.09. The van der Waals surface area contributed by atoms with Crippen LogP contribution in [0.5, 0.6) is 0 Å². The molecule has 0 bridgehead atoms. The molecule has 1 N–H and O–H groups in total. The number of allylic oxidation sites excluding steroid dienone is 2. The Kier molecular flexibility index (Phi) is 1.92. The van der Waals surface area contributed by atoms with Gasteiger partial charge in [-0.15, -0.1) is 0 Å². The van der Waals surface area contributed by atoms with Gasteiger partial charge in [-0.2, -0.15) is 0 Å². The number of aliphatic hydroxyl groups is 1. The first-order valence-electron chi connectivity index (χ1n) is 6.71. The summed E-state index contributed by atoms with van der Waals surface area (Å²) in [6.07, 6.45) is 5.65. The van der Waals surface area contributed by atoms with Crippen molar-refractivity contribution in [3.63, 3.8) is 0 Å². The van der Waals surface area contributed by atoms with Gasteiger partial charge in [-0.3, -0.25) is 4.79 Å². The van der Waals surface area contributed by atoms with Gasteiger partial charge in [0.05, 0.1) is 11.5 Å². The molecule has 2 unspecified atom stereocenters. The molecule has 2 heteroatoms. The van der Waals surface area contributed by atoms with E-state index in [0.29, 0.717) is 11.8 Å². The zero-order valence-electron chi connectivity index (χ0n) is 11.2. The summed E-state index contributed by atoms with van der Waals surface area (Å²) >= 11 is 0. The van der Waals surface area contributed by atoms with Crippen molar-refractivity contribution in [3.05, 3.63) is 12.2 Å². The smallest absolute Gasteiger partial charge is 0.164 e. The summed E-state index contributed by atoms with van der Waals surface area (Å²) in [5, 5.41) is 10.7. The molecule has 0 heterocycles. The molecule has 0 radical (unpaired) electrons. The minimum absolute atomic E-state index is 0.0903. The largest absolute Gasteiger partial charge is 0.391 e. The first kappa shape index (κ1) is 11.5. The maximum atomic E-state index is 12.3. The predicted octanol–water partition coefficient (Wildman–Crippen LogP) is 2.56. The molecule has 3 aliphatic carbocycles. The summed E-state index contributed by atoms with van der Waals surface area (Å²) in [6.45, 7) is 8.50. The van der Waals surface area contributed by atoms with E-state index < -0.39 is 11.5 Å². The molecule has 2 nitrogen and oxygen atoms in total. The number of carbonyl (C=O) groups excluding carboxylic acids is 1. The van der Waals surface area contributed by atoms with E-state index in [2.05, 4.69) is 26.8 Å². The van der Waals surface area contributed by atoms with Gasteiger partial charge in [-0.05, 0) is 43.1 Å². The summed E-state index contributed by atoms with van der Waals surface area (Å²) in [6, 6.07) is 0. The Labute approximate surface area is 103 Å². The molecule has 5 atom stereocenters. The van der Waals surface area contributed by atoms with Crippen LogP contribution in [0, 0.1) is 28.1 Å². The number of aliphatic hydroxyl groups excluding tert-OH is 1. The van der Waals surface area contributed by atoms with Crippen molar-refractivity contribution in [3.8, 4) is 0 Å². The normalized spacial score (nSPS) is 55.1. The third kappa shape index (κ3) is 0.896. The molecule has 2 fully saturated rings. The third-order valence-electron chi connectivity index (χ3n) is 6.35. The van der Waals surface area contributed by atoms with E-state index in [9.17, 15) is 9.90 Å². The van der Waals surface area contributed by atoms with Crippen LogP contribution in [0.2, 0.25) is 0 Å². The van der Waals surface area contributed by atoms with Gasteiger partial charge in [-0.25, -0.2) is 0 Å². The van der Waals surface area contributed by atoms with Gasteiger partial charge < -0.3 is 5.11 Å². The highest BCUT2D eigenvalue weighted by molar-refractivity contribution is 5.99. The SMILES string of the molecule is C[C@@H]1CCC2C(C)(C)[C@@H](O)[C@]3(C)C(=O)C=CC213. The summed E-state index contributed by atoms with van der Waals surface area (Å²) in [4.78, 5) is 12.3. The minimum atomic E-state index is -0.586. The van der Waals surface area contributed by atoms with E-state index in [0.717, 1.165) is 6.42 Å². The molecule has 2 saturated carbocycles. The Bertz CT molecular complexity index is 423. The van der Waals surface area contributed by atoms with Crippen molar-refractivity contribution in [1.82, 2.24) is 0 Å². The highest BCUT2D eigenvalue weighted by Crippen LogP contribution is 2.74. The first-order valence-corrected chi connectivity index (χ1v) is 6.71. The van der Waals surface area contributed by atoms with Gasteiger partial charge in [0.2, 0.25) is 0 Å². The lowest BCUT2D eigenvalue weighted by molar-refractivity contribution is -0.135. The van der Waals surface area contributed by atoms with Crippen LogP contribution >= 0.6 is 0 Å². The number of hydrogen-bond donors (Lipinski definition) is 1. The zero-order chi connectivity index (χ0) is 12.6.